The van der Waals surface area contributed by atoms with Gasteiger partial charge in [0.05, 0.1) is 14.2 Å². The normalized spacial score (nSPS) is 14.8. The van der Waals surface area contributed by atoms with E-state index in [1.54, 1.807) is 25.2 Å². The average molecular weight is 279 g/mol. The van der Waals surface area contributed by atoms with Gasteiger partial charge in [0, 0.05) is 19.2 Å². The maximum Gasteiger partial charge on any atom is 0.410 e. The Morgan fingerprint density at radius 1 is 1.05 bits per heavy atom. The predicted molar refractivity (Wildman–Crippen MR) is 75.2 cm³/mol. The van der Waals surface area contributed by atoms with Crippen molar-refractivity contribution in [1.82, 2.24) is 4.90 Å². The third-order valence-corrected chi connectivity index (χ3v) is 3.39. The summed E-state index contributed by atoms with van der Waals surface area (Å²) >= 11 is 0. The Morgan fingerprint density at radius 3 is 2.20 bits per heavy atom. The van der Waals surface area contributed by atoms with Crippen molar-refractivity contribution < 1.29 is 19.0 Å². The Morgan fingerprint density at radius 2 is 1.65 bits per heavy atom. The molecule has 2 rings (SSSR count). The van der Waals surface area contributed by atoms with E-state index in [2.05, 4.69) is 0 Å². The molecule has 1 aromatic rings. The van der Waals surface area contributed by atoms with E-state index < -0.39 is 0 Å². The quantitative estimate of drug-likeness (QED) is 0.850. The fourth-order valence-electron chi connectivity index (χ4n) is 2.26. The van der Waals surface area contributed by atoms with Crippen LogP contribution < -0.4 is 9.47 Å². The van der Waals surface area contributed by atoms with Gasteiger partial charge in [-0.05, 0) is 37.0 Å². The van der Waals surface area contributed by atoms with Crippen LogP contribution in [0.1, 0.15) is 24.8 Å². The first-order valence-electron chi connectivity index (χ1n) is 6.86. The van der Waals surface area contributed by atoms with Gasteiger partial charge in [0.25, 0.3) is 0 Å². The molecule has 1 aromatic carbocycles. The van der Waals surface area contributed by atoms with Gasteiger partial charge in [-0.25, -0.2) is 4.79 Å². The molecule has 1 aliphatic heterocycles. The van der Waals surface area contributed by atoms with E-state index in [1.807, 2.05) is 12.1 Å². The Kier molecular flexibility index (Phi) is 5.09. The Hall–Kier alpha value is -1.91. The fraction of sp³-hybridized carbons (Fsp3) is 0.533. The lowest BCUT2D eigenvalue weighted by molar-refractivity contribution is 0.0893. The summed E-state index contributed by atoms with van der Waals surface area (Å²) in [6.07, 6.45) is 3.06. The molecule has 0 bridgehead atoms. The zero-order valence-electron chi connectivity index (χ0n) is 12.1. The molecule has 0 radical (unpaired) electrons. The Labute approximate surface area is 119 Å². The first-order chi connectivity index (χ1) is 9.72. The number of hydrogen-bond donors (Lipinski definition) is 0. The second kappa shape index (κ2) is 7.03. The van der Waals surface area contributed by atoms with Gasteiger partial charge in [0.1, 0.15) is 18.1 Å². The highest BCUT2D eigenvalue weighted by Crippen LogP contribution is 2.23. The number of likely N-dealkylation sites (tertiary alicyclic amines) is 1. The lowest BCUT2D eigenvalue weighted by atomic mass is 10.1. The molecule has 0 aliphatic carbocycles. The van der Waals surface area contributed by atoms with Gasteiger partial charge in [-0.15, -0.1) is 0 Å². The Bertz CT molecular complexity index is 433. The number of carbonyl (C=O) groups excluding carboxylic acids is 1. The summed E-state index contributed by atoms with van der Waals surface area (Å²) in [4.78, 5) is 13.7. The maximum atomic E-state index is 11.9. The molecule has 1 aliphatic rings. The van der Waals surface area contributed by atoms with E-state index in [0.29, 0.717) is 11.5 Å². The molecule has 0 atom stereocenters. The first kappa shape index (κ1) is 14.5. The third-order valence-electron chi connectivity index (χ3n) is 3.39. The highest BCUT2D eigenvalue weighted by Gasteiger charge is 2.17. The van der Waals surface area contributed by atoms with Crippen molar-refractivity contribution in [2.24, 2.45) is 0 Å². The number of amides is 1. The van der Waals surface area contributed by atoms with Gasteiger partial charge in [-0.1, -0.05) is 0 Å². The Balaban J connectivity index is 1.94. The monoisotopic (exact) mass is 279 g/mol. The molecule has 110 valence electrons. The lowest BCUT2D eigenvalue weighted by Crippen LogP contribution is -2.35. The highest BCUT2D eigenvalue weighted by molar-refractivity contribution is 5.67. The predicted octanol–water partition coefficient (Wildman–Crippen LogP) is 2.83. The lowest BCUT2D eigenvalue weighted by Gasteiger charge is -2.25. The van der Waals surface area contributed by atoms with Crippen molar-refractivity contribution in [2.45, 2.75) is 25.9 Å². The van der Waals surface area contributed by atoms with Gasteiger partial charge in [-0.2, -0.15) is 0 Å². The van der Waals surface area contributed by atoms with Gasteiger partial charge in [0.2, 0.25) is 0 Å². The summed E-state index contributed by atoms with van der Waals surface area (Å²) in [7, 11) is 3.19. The molecule has 5 nitrogen and oxygen atoms in total. The number of methoxy groups -OCH3 is 2. The standard InChI is InChI=1S/C15H21NO4/c1-18-13-8-12(9-14(10-13)19-2)11-20-15(17)16-6-4-3-5-7-16/h8-10H,3-7,11H2,1-2H3. The summed E-state index contributed by atoms with van der Waals surface area (Å²) in [5.74, 6) is 1.38. The zero-order chi connectivity index (χ0) is 14.4. The van der Waals surface area contributed by atoms with E-state index in [-0.39, 0.29) is 12.7 Å². The zero-order valence-corrected chi connectivity index (χ0v) is 12.1. The molecule has 1 saturated heterocycles. The molecule has 1 fully saturated rings. The molecule has 0 spiro atoms. The van der Waals surface area contributed by atoms with E-state index in [9.17, 15) is 4.79 Å². The molecule has 5 heteroatoms. The largest absolute Gasteiger partial charge is 0.497 e. The maximum absolute atomic E-state index is 11.9. The van der Waals surface area contributed by atoms with Crippen LogP contribution in [0.25, 0.3) is 0 Å². The minimum atomic E-state index is -0.244. The summed E-state index contributed by atoms with van der Waals surface area (Å²) < 4.78 is 15.7. The van der Waals surface area contributed by atoms with Crippen molar-refractivity contribution in [1.29, 1.82) is 0 Å². The number of ether oxygens (including phenoxy) is 3. The van der Waals surface area contributed by atoms with E-state index in [4.69, 9.17) is 14.2 Å². The molecule has 0 unspecified atom stereocenters. The summed E-state index contributed by atoms with van der Waals surface area (Å²) in [6, 6.07) is 5.47. The highest BCUT2D eigenvalue weighted by atomic mass is 16.6. The fourth-order valence-corrected chi connectivity index (χ4v) is 2.26. The van der Waals surface area contributed by atoms with Crippen molar-refractivity contribution >= 4 is 6.09 Å². The van der Waals surface area contributed by atoms with Crippen molar-refractivity contribution in [3.63, 3.8) is 0 Å². The van der Waals surface area contributed by atoms with Gasteiger partial charge >= 0.3 is 6.09 Å². The second-order valence-corrected chi connectivity index (χ2v) is 4.82. The van der Waals surface area contributed by atoms with Crippen molar-refractivity contribution in [2.75, 3.05) is 27.3 Å². The van der Waals surface area contributed by atoms with Gasteiger partial charge in [-0.3, -0.25) is 0 Å². The second-order valence-electron chi connectivity index (χ2n) is 4.82. The molecule has 0 N–H and O–H groups in total. The van der Waals surface area contributed by atoms with Crippen LogP contribution in [0.15, 0.2) is 18.2 Å². The summed E-state index contributed by atoms with van der Waals surface area (Å²) in [6.45, 7) is 1.81. The summed E-state index contributed by atoms with van der Waals surface area (Å²) in [5, 5.41) is 0. The van der Waals surface area contributed by atoms with Crippen LogP contribution in [-0.4, -0.2) is 38.3 Å². The average Bonchev–Trinajstić information content (AvgIpc) is 2.53. The number of hydrogen-bond acceptors (Lipinski definition) is 4. The first-order valence-corrected chi connectivity index (χ1v) is 6.86. The van der Waals surface area contributed by atoms with Crippen molar-refractivity contribution in [3.8, 4) is 11.5 Å². The molecule has 0 saturated carbocycles. The van der Waals surface area contributed by atoms with Crippen LogP contribution in [0.5, 0.6) is 11.5 Å². The topological polar surface area (TPSA) is 48.0 Å². The molecule has 0 aromatic heterocycles. The number of nitrogens with zero attached hydrogens (tertiary/aromatic N) is 1. The van der Waals surface area contributed by atoms with Crippen LogP contribution in [-0.2, 0) is 11.3 Å². The number of piperidine rings is 1. The smallest absolute Gasteiger partial charge is 0.410 e. The summed E-state index contributed by atoms with van der Waals surface area (Å²) in [5.41, 5.74) is 0.853. The molecule has 20 heavy (non-hydrogen) atoms. The van der Waals surface area contributed by atoms with Gasteiger partial charge < -0.3 is 19.1 Å². The number of carbonyl (C=O) groups is 1. The number of rotatable bonds is 4. The van der Waals surface area contributed by atoms with E-state index in [1.165, 1.54) is 6.42 Å². The van der Waals surface area contributed by atoms with Crippen LogP contribution in [0.3, 0.4) is 0 Å². The minimum absolute atomic E-state index is 0.225. The minimum Gasteiger partial charge on any atom is -0.497 e. The molecular formula is C15H21NO4. The van der Waals surface area contributed by atoms with E-state index in [0.717, 1.165) is 31.5 Å². The molecular weight excluding hydrogens is 258 g/mol. The van der Waals surface area contributed by atoms with Crippen LogP contribution in [0, 0.1) is 0 Å². The van der Waals surface area contributed by atoms with E-state index >= 15 is 0 Å². The van der Waals surface area contributed by atoms with Crippen LogP contribution >= 0.6 is 0 Å². The number of benzene rings is 1. The molecule has 1 heterocycles. The van der Waals surface area contributed by atoms with Crippen LogP contribution in [0.4, 0.5) is 4.79 Å². The van der Waals surface area contributed by atoms with Crippen molar-refractivity contribution in [3.05, 3.63) is 23.8 Å². The SMILES string of the molecule is COc1cc(COC(=O)N2CCCCC2)cc(OC)c1. The third kappa shape index (κ3) is 3.79. The molecule has 1 amide bonds. The van der Waals surface area contributed by atoms with Crippen LogP contribution in [0.2, 0.25) is 0 Å². The van der Waals surface area contributed by atoms with Gasteiger partial charge in [0.15, 0.2) is 0 Å².